The molecule has 0 radical (unpaired) electrons. The Bertz CT molecular complexity index is 93.4. The van der Waals surface area contributed by atoms with E-state index in [-0.39, 0.29) is 0 Å². The molecule has 0 aromatic heterocycles. The standard InChI is InChI=1S/C8H20AsN/c1-7(2,3)9(10)8(4,5)6/h10H2,1-6H3. The van der Waals surface area contributed by atoms with Crippen LogP contribution in [0.4, 0.5) is 0 Å². The molecule has 0 bridgehead atoms. The molecule has 0 aliphatic carbocycles. The first-order valence-corrected chi connectivity index (χ1v) is 6.67. The van der Waals surface area contributed by atoms with Crippen molar-refractivity contribution in [3.05, 3.63) is 0 Å². The van der Waals surface area contributed by atoms with Gasteiger partial charge >= 0.3 is 69.5 Å². The third kappa shape index (κ3) is 3.07. The average Bonchev–Trinajstić information content (AvgIpc) is 1.59. The minimum atomic E-state index is -1.15. The van der Waals surface area contributed by atoms with Crippen LogP contribution in [-0.4, -0.2) is 14.9 Å². The molecule has 10 heavy (non-hydrogen) atoms. The van der Waals surface area contributed by atoms with E-state index in [1.807, 2.05) is 0 Å². The number of hydrogen-bond acceptors (Lipinski definition) is 1. The molecule has 0 saturated carbocycles. The molecule has 0 aromatic rings. The quantitative estimate of drug-likeness (QED) is 0.604. The molecular formula is C8H20AsN. The van der Waals surface area contributed by atoms with Gasteiger partial charge in [0.2, 0.25) is 0 Å². The maximum absolute atomic E-state index is 6.17. The van der Waals surface area contributed by atoms with Gasteiger partial charge in [0.1, 0.15) is 0 Å². The summed E-state index contributed by atoms with van der Waals surface area (Å²) in [6.07, 6.45) is 0. The van der Waals surface area contributed by atoms with Crippen molar-refractivity contribution in [1.29, 1.82) is 0 Å². The third-order valence-corrected chi connectivity index (χ3v) is 7.51. The van der Waals surface area contributed by atoms with Crippen LogP contribution >= 0.6 is 0 Å². The molecule has 0 spiro atoms. The van der Waals surface area contributed by atoms with E-state index in [1.165, 1.54) is 0 Å². The maximum atomic E-state index is 6.17. The summed E-state index contributed by atoms with van der Waals surface area (Å²) < 4.78 is 6.91. The predicted molar refractivity (Wildman–Crippen MR) is 49.4 cm³/mol. The van der Waals surface area contributed by atoms with Gasteiger partial charge in [0.05, 0.1) is 0 Å². The number of nitrogens with two attached hydrogens (primary N) is 1. The predicted octanol–water partition coefficient (Wildman–Crippen LogP) is 2.54. The molecule has 0 aliphatic rings. The van der Waals surface area contributed by atoms with Crippen LogP contribution < -0.4 is 4.65 Å². The Morgan fingerprint density at radius 2 is 1.00 bits per heavy atom. The number of hydrogen-bond donors (Lipinski definition) is 1. The van der Waals surface area contributed by atoms with E-state index in [2.05, 4.69) is 41.5 Å². The zero-order valence-electron chi connectivity index (χ0n) is 8.02. The normalized spacial score (nSPS) is 14.4. The van der Waals surface area contributed by atoms with E-state index in [9.17, 15) is 0 Å². The van der Waals surface area contributed by atoms with Gasteiger partial charge in [0, 0.05) is 0 Å². The zero-order chi connectivity index (χ0) is 8.58. The topological polar surface area (TPSA) is 26.0 Å². The van der Waals surface area contributed by atoms with Crippen LogP contribution in [0.3, 0.4) is 0 Å². The fraction of sp³-hybridized carbons (Fsp3) is 1.00. The van der Waals surface area contributed by atoms with Crippen molar-refractivity contribution in [2.75, 3.05) is 0 Å². The average molecular weight is 205 g/mol. The molecule has 0 aromatic carbocycles. The van der Waals surface area contributed by atoms with Gasteiger partial charge in [-0.3, -0.25) is 0 Å². The van der Waals surface area contributed by atoms with Gasteiger partial charge in [0.25, 0.3) is 0 Å². The van der Waals surface area contributed by atoms with Gasteiger partial charge in [0.15, 0.2) is 0 Å². The van der Waals surface area contributed by atoms with Gasteiger partial charge < -0.3 is 0 Å². The van der Waals surface area contributed by atoms with E-state index in [0.717, 1.165) is 0 Å². The molecule has 0 atom stereocenters. The molecule has 0 saturated heterocycles. The van der Waals surface area contributed by atoms with Gasteiger partial charge in [-0.2, -0.15) is 0 Å². The SMILES string of the molecule is CC(C)(C)[As](N)C(C)(C)C. The second kappa shape index (κ2) is 2.87. The molecule has 0 fully saturated rings. The Kier molecular flexibility index (Phi) is 3.02. The monoisotopic (exact) mass is 205 g/mol. The fourth-order valence-electron chi connectivity index (χ4n) is 1.01. The van der Waals surface area contributed by atoms with Crippen molar-refractivity contribution in [3.63, 3.8) is 0 Å². The van der Waals surface area contributed by atoms with E-state index in [1.54, 1.807) is 0 Å². The fourth-order valence-corrected chi connectivity index (χ4v) is 5.23. The third-order valence-electron chi connectivity index (χ3n) is 1.45. The van der Waals surface area contributed by atoms with Crippen molar-refractivity contribution in [2.45, 2.75) is 49.9 Å². The summed E-state index contributed by atoms with van der Waals surface area (Å²) in [4.78, 5) is 0. The Balaban J connectivity index is 4.23. The van der Waals surface area contributed by atoms with E-state index >= 15 is 0 Å². The van der Waals surface area contributed by atoms with Gasteiger partial charge in [-0.05, 0) is 0 Å². The van der Waals surface area contributed by atoms with Crippen molar-refractivity contribution < 1.29 is 0 Å². The Morgan fingerprint density at radius 1 is 0.800 bits per heavy atom. The van der Waals surface area contributed by atoms with Gasteiger partial charge in [-0.25, -0.2) is 0 Å². The molecule has 0 heterocycles. The van der Waals surface area contributed by atoms with Crippen molar-refractivity contribution >= 4 is 14.9 Å². The van der Waals surface area contributed by atoms with Crippen LogP contribution in [0.2, 0.25) is 8.41 Å². The summed E-state index contributed by atoms with van der Waals surface area (Å²) >= 11 is -1.15. The molecule has 0 aliphatic heterocycles. The minimum absolute atomic E-state index is 0.366. The first kappa shape index (κ1) is 10.5. The summed E-state index contributed by atoms with van der Waals surface area (Å²) in [5, 5.41) is 0. The van der Waals surface area contributed by atoms with Gasteiger partial charge in [-0.1, -0.05) is 0 Å². The molecule has 0 unspecified atom stereocenters. The van der Waals surface area contributed by atoms with Crippen LogP contribution in [0, 0.1) is 0 Å². The van der Waals surface area contributed by atoms with E-state index in [0.29, 0.717) is 8.41 Å². The molecule has 0 rings (SSSR count). The van der Waals surface area contributed by atoms with Crippen LogP contribution in [-0.2, 0) is 0 Å². The Hall–Kier alpha value is 0.518. The van der Waals surface area contributed by atoms with Crippen molar-refractivity contribution in [3.8, 4) is 0 Å². The Labute approximate surface area is 69.9 Å². The van der Waals surface area contributed by atoms with Gasteiger partial charge in [-0.15, -0.1) is 0 Å². The van der Waals surface area contributed by atoms with Crippen molar-refractivity contribution in [1.82, 2.24) is 0 Å². The van der Waals surface area contributed by atoms with Crippen molar-refractivity contribution in [2.24, 2.45) is 4.65 Å². The van der Waals surface area contributed by atoms with E-state index in [4.69, 9.17) is 4.65 Å². The molecule has 2 heteroatoms. The zero-order valence-corrected chi connectivity index (χ0v) is 9.90. The summed E-state index contributed by atoms with van der Waals surface area (Å²) in [7, 11) is 0. The van der Waals surface area contributed by atoms with Crippen LogP contribution in [0.5, 0.6) is 0 Å². The first-order valence-electron chi connectivity index (χ1n) is 3.71. The summed E-state index contributed by atoms with van der Waals surface area (Å²) in [6.45, 7) is 13.5. The summed E-state index contributed by atoms with van der Waals surface area (Å²) in [5.41, 5.74) is 0. The van der Waals surface area contributed by atoms with Crippen LogP contribution in [0.1, 0.15) is 41.5 Å². The van der Waals surface area contributed by atoms with E-state index < -0.39 is 14.9 Å². The summed E-state index contributed by atoms with van der Waals surface area (Å²) in [5.74, 6) is 0. The van der Waals surface area contributed by atoms with Crippen LogP contribution in [0.25, 0.3) is 0 Å². The first-order chi connectivity index (χ1) is 4.15. The van der Waals surface area contributed by atoms with Crippen LogP contribution in [0.15, 0.2) is 0 Å². The molecule has 2 N–H and O–H groups in total. The second-order valence-electron chi connectivity index (χ2n) is 4.71. The Morgan fingerprint density at radius 3 is 1.00 bits per heavy atom. The molecule has 1 nitrogen and oxygen atoms in total. The molecule has 62 valence electrons. The second-order valence-corrected chi connectivity index (χ2v) is 11.9. The summed E-state index contributed by atoms with van der Waals surface area (Å²) in [6, 6.07) is 0. The molecular weight excluding hydrogens is 185 g/mol. The number of rotatable bonds is 0. The molecule has 0 amide bonds.